The fourth-order valence-electron chi connectivity index (χ4n) is 2.95. The van der Waals surface area contributed by atoms with Gasteiger partial charge in [-0.25, -0.2) is 8.42 Å². The maximum absolute atomic E-state index is 12.8. The first-order chi connectivity index (χ1) is 12.2. The molecule has 1 atom stereocenters. The Balaban J connectivity index is 1.91. The van der Waals surface area contributed by atoms with E-state index in [9.17, 15) is 13.2 Å². The summed E-state index contributed by atoms with van der Waals surface area (Å²) in [5.74, 6) is -0.457. The molecule has 0 aliphatic carbocycles. The van der Waals surface area contributed by atoms with Crippen molar-refractivity contribution in [2.24, 2.45) is 0 Å². The van der Waals surface area contributed by atoms with Gasteiger partial charge in [0.05, 0.1) is 22.0 Å². The third-order valence-electron chi connectivity index (χ3n) is 4.28. The van der Waals surface area contributed by atoms with E-state index in [4.69, 9.17) is 28.9 Å². The van der Waals surface area contributed by atoms with E-state index in [-0.39, 0.29) is 28.7 Å². The van der Waals surface area contributed by atoms with Crippen LogP contribution in [0.25, 0.3) is 0 Å². The molecule has 0 saturated heterocycles. The lowest BCUT2D eigenvalue weighted by atomic mass is 9.95. The highest BCUT2D eigenvalue weighted by atomic mass is 35.5. The van der Waals surface area contributed by atoms with E-state index in [1.54, 1.807) is 0 Å². The number of hydrogen-bond acceptors (Lipinski definition) is 4. The minimum atomic E-state index is -3.58. The van der Waals surface area contributed by atoms with Crippen molar-refractivity contribution < 1.29 is 13.2 Å². The zero-order chi connectivity index (χ0) is 19.1. The molecule has 0 spiro atoms. The predicted molar refractivity (Wildman–Crippen MR) is 104 cm³/mol. The predicted octanol–water partition coefficient (Wildman–Crippen LogP) is 2.90. The molecule has 2 aromatic carbocycles. The SMILES string of the molecule is CS(=O)(=O)N1Cc2ccccc2C[C@H]1C(=O)Nc1cc(Cl)c(N)c(Cl)c1. The molecule has 0 unspecified atom stereocenters. The summed E-state index contributed by atoms with van der Waals surface area (Å²) in [5, 5.41) is 3.10. The number of anilines is 2. The Kier molecular flexibility index (Phi) is 5.16. The van der Waals surface area contributed by atoms with Gasteiger partial charge in [0.1, 0.15) is 6.04 Å². The molecule has 3 rings (SSSR count). The normalized spacial score (nSPS) is 17.6. The van der Waals surface area contributed by atoms with Gasteiger partial charge >= 0.3 is 0 Å². The van der Waals surface area contributed by atoms with Crippen molar-refractivity contribution in [2.45, 2.75) is 19.0 Å². The summed E-state index contributed by atoms with van der Waals surface area (Å²) in [7, 11) is -3.58. The molecule has 1 aliphatic rings. The fraction of sp³-hybridized carbons (Fsp3) is 0.235. The number of nitrogens with one attached hydrogen (secondary N) is 1. The van der Waals surface area contributed by atoms with Gasteiger partial charge in [-0.1, -0.05) is 47.5 Å². The maximum atomic E-state index is 12.8. The topological polar surface area (TPSA) is 92.5 Å². The summed E-state index contributed by atoms with van der Waals surface area (Å²) < 4.78 is 25.6. The Morgan fingerprint density at radius 1 is 1.19 bits per heavy atom. The summed E-state index contributed by atoms with van der Waals surface area (Å²) in [6.45, 7) is 0.149. The number of nitrogen functional groups attached to an aromatic ring is 1. The van der Waals surface area contributed by atoms with Crippen molar-refractivity contribution in [3.8, 4) is 0 Å². The van der Waals surface area contributed by atoms with E-state index in [0.29, 0.717) is 5.69 Å². The van der Waals surface area contributed by atoms with E-state index in [1.807, 2.05) is 24.3 Å². The van der Waals surface area contributed by atoms with Crippen LogP contribution in [-0.4, -0.2) is 30.9 Å². The Labute approximate surface area is 161 Å². The van der Waals surface area contributed by atoms with Crippen molar-refractivity contribution in [1.29, 1.82) is 0 Å². The van der Waals surface area contributed by atoms with Gasteiger partial charge < -0.3 is 11.1 Å². The molecule has 26 heavy (non-hydrogen) atoms. The van der Waals surface area contributed by atoms with Crippen molar-refractivity contribution in [3.63, 3.8) is 0 Å². The summed E-state index contributed by atoms with van der Waals surface area (Å²) in [5.41, 5.74) is 8.10. The monoisotopic (exact) mass is 413 g/mol. The summed E-state index contributed by atoms with van der Waals surface area (Å²) >= 11 is 12.0. The van der Waals surface area contributed by atoms with Gasteiger partial charge in [0.15, 0.2) is 0 Å². The van der Waals surface area contributed by atoms with E-state index < -0.39 is 22.0 Å². The number of benzene rings is 2. The van der Waals surface area contributed by atoms with Crippen molar-refractivity contribution in [2.75, 3.05) is 17.3 Å². The molecule has 0 radical (unpaired) electrons. The number of nitrogens with two attached hydrogens (primary N) is 1. The number of amides is 1. The molecule has 6 nitrogen and oxygen atoms in total. The smallest absolute Gasteiger partial charge is 0.243 e. The second-order valence-electron chi connectivity index (χ2n) is 6.14. The fourth-order valence-corrected chi connectivity index (χ4v) is 4.45. The first kappa shape index (κ1) is 19.0. The first-order valence-corrected chi connectivity index (χ1v) is 10.4. The van der Waals surface area contributed by atoms with Crippen LogP contribution in [0.4, 0.5) is 11.4 Å². The third-order valence-corrected chi connectivity index (χ3v) is 6.14. The van der Waals surface area contributed by atoms with Gasteiger partial charge in [-0.15, -0.1) is 0 Å². The molecular weight excluding hydrogens is 397 g/mol. The van der Waals surface area contributed by atoms with Crippen LogP contribution in [0.5, 0.6) is 0 Å². The molecule has 0 fully saturated rings. The minimum absolute atomic E-state index is 0.149. The number of nitrogens with zero attached hydrogens (tertiary/aromatic N) is 1. The second kappa shape index (κ2) is 7.08. The molecule has 0 aromatic heterocycles. The average molecular weight is 414 g/mol. The molecule has 138 valence electrons. The second-order valence-corrected chi connectivity index (χ2v) is 8.89. The lowest BCUT2D eigenvalue weighted by molar-refractivity contribution is -0.120. The molecule has 1 aliphatic heterocycles. The average Bonchev–Trinajstić information content (AvgIpc) is 2.57. The number of sulfonamides is 1. The van der Waals surface area contributed by atoms with E-state index in [0.717, 1.165) is 17.4 Å². The Morgan fingerprint density at radius 3 is 2.35 bits per heavy atom. The van der Waals surface area contributed by atoms with E-state index in [2.05, 4.69) is 5.32 Å². The summed E-state index contributed by atoms with van der Waals surface area (Å²) in [6.07, 6.45) is 1.38. The van der Waals surface area contributed by atoms with Gasteiger partial charge in [-0.2, -0.15) is 4.31 Å². The molecule has 2 aromatic rings. The van der Waals surface area contributed by atoms with Crippen LogP contribution >= 0.6 is 23.2 Å². The summed E-state index contributed by atoms with van der Waals surface area (Å²) in [6, 6.07) is 9.55. The summed E-state index contributed by atoms with van der Waals surface area (Å²) in [4.78, 5) is 12.8. The lowest BCUT2D eigenvalue weighted by Gasteiger charge is -2.34. The van der Waals surface area contributed by atoms with Crippen molar-refractivity contribution in [3.05, 3.63) is 57.6 Å². The van der Waals surface area contributed by atoms with Crippen LogP contribution in [-0.2, 0) is 27.8 Å². The van der Waals surface area contributed by atoms with Crippen LogP contribution in [0.1, 0.15) is 11.1 Å². The van der Waals surface area contributed by atoms with Crippen LogP contribution in [0.15, 0.2) is 36.4 Å². The van der Waals surface area contributed by atoms with E-state index in [1.165, 1.54) is 16.4 Å². The largest absolute Gasteiger partial charge is 0.396 e. The highest BCUT2D eigenvalue weighted by Crippen LogP contribution is 2.32. The van der Waals surface area contributed by atoms with Gasteiger partial charge in [-0.05, 0) is 29.7 Å². The van der Waals surface area contributed by atoms with Gasteiger partial charge in [0, 0.05) is 12.2 Å². The number of hydrogen-bond donors (Lipinski definition) is 2. The minimum Gasteiger partial charge on any atom is -0.396 e. The molecule has 1 amide bonds. The van der Waals surface area contributed by atoms with Gasteiger partial charge in [0.2, 0.25) is 15.9 Å². The van der Waals surface area contributed by atoms with E-state index >= 15 is 0 Å². The molecule has 3 N–H and O–H groups in total. The molecule has 1 heterocycles. The van der Waals surface area contributed by atoms with Crippen LogP contribution in [0.3, 0.4) is 0 Å². The van der Waals surface area contributed by atoms with Crippen molar-refractivity contribution >= 4 is 50.5 Å². The Hall–Kier alpha value is -1.80. The highest BCUT2D eigenvalue weighted by molar-refractivity contribution is 7.88. The zero-order valence-corrected chi connectivity index (χ0v) is 16.2. The Bertz CT molecular complexity index is 956. The number of fused-ring (bicyclic) bond motifs is 1. The van der Waals surface area contributed by atoms with Gasteiger partial charge in [0.25, 0.3) is 0 Å². The molecule has 9 heteroatoms. The lowest BCUT2D eigenvalue weighted by Crippen LogP contribution is -2.50. The molecule has 0 bridgehead atoms. The number of rotatable bonds is 3. The first-order valence-electron chi connectivity index (χ1n) is 7.76. The van der Waals surface area contributed by atoms with Crippen LogP contribution < -0.4 is 11.1 Å². The standard InChI is InChI=1S/C17H17Cl2N3O3S/c1-26(24,25)22-9-11-5-3-2-4-10(11)6-15(22)17(23)21-12-7-13(18)16(20)14(19)8-12/h2-5,7-8,15H,6,9,20H2,1H3,(H,21,23)/t15-/m0/s1. The quantitative estimate of drug-likeness (QED) is 0.756. The zero-order valence-electron chi connectivity index (χ0n) is 13.9. The molecular formula is C17H17Cl2N3O3S. The highest BCUT2D eigenvalue weighted by Gasteiger charge is 2.36. The maximum Gasteiger partial charge on any atom is 0.243 e. The van der Waals surface area contributed by atoms with Crippen LogP contribution in [0.2, 0.25) is 10.0 Å². The van der Waals surface area contributed by atoms with Gasteiger partial charge in [-0.3, -0.25) is 4.79 Å². The number of carbonyl (C=O) groups excluding carboxylic acids is 1. The number of carbonyl (C=O) groups is 1. The van der Waals surface area contributed by atoms with Crippen molar-refractivity contribution in [1.82, 2.24) is 4.31 Å². The molecule has 0 saturated carbocycles. The van der Waals surface area contributed by atoms with Crippen LogP contribution in [0, 0.1) is 0 Å². The number of halogens is 2. The third kappa shape index (κ3) is 3.81. The Morgan fingerprint density at radius 2 is 1.77 bits per heavy atom.